The van der Waals surface area contributed by atoms with Gasteiger partial charge in [0.1, 0.15) is 5.00 Å². The Balaban J connectivity index is 1.69. The monoisotopic (exact) mass is 396 g/mol. The van der Waals surface area contributed by atoms with E-state index in [4.69, 9.17) is 5.73 Å². The van der Waals surface area contributed by atoms with Crippen LogP contribution in [0.25, 0.3) is 0 Å². The van der Waals surface area contributed by atoms with E-state index in [2.05, 4.69) is 43.4 Å². The van der Waals surface area contributed by atoms with Gasteiger partial charge < -0.3 is 11.1 Å². The molecule has 1 atom stereocenters. The van der Waals surface area contributed by atoms with Gasteiger partial charge in [0.25, 0.3) is 5.91 Å². The maximum Gasteiger partial charge on any atom is 0.251 e. The smallest absolute Gasteiger partial charge is 0.251 e. The van der Waals surface area contributed by atoms with Crippen molar-refractivity contribution in [3.05, 3.63) is 51.4 Å². The van der Waals surface area contributed by atoms with E-state index in [-0.39, 0.29) is 5.91 Å². The molecule has 28 heavy (non-hydrogen) atoms. The summed E-state index contributed by atoms with van der Waals surface area (Å²) in [6.07, 6.45) is 6.66. The predicted molar refractivity (Wildman–Crippen MR) is 114 cm³/mol. The lowest BCUT2D eigenvalue weighted by Gasteiger charge is -2.28. The zero-order valence-electron chi connectivity index (χ0n) is 16.6. The summed E-state index contributed by atoms with van der Waals surface area (Å²) < 4.78 is 0. The molecule has 1 fully saturated rings. The van der Waals surface area contributed by atoms with Gasteiger partial charge >= 0.3 is 0 Å². The second kappa shape index (κ2) is 7.36. The second-order valence-corrected chi connectivity index (χ2v) is 9.63. The van der Waals surface area contributed by atoms with Crippen molar-refractivity contribution in [3.63, 3.8) is 0 Å². The highest BCUT2D eigenvalue weighted by Gasteiger charge is 2.43. The lowest BCUT2D eigenvalue weighted by molar-refractivity contribution is -0.121. The van der Waals surface area contributed by atoms with Crippen LogP contribution in [0, 0.1) is 12.8 Å². The predicted octanol–water partition coefficient (Wildman–Crippen LogP) is 4.73. The van der Waals surface area contributed by atoms with E-state index in [0.29, 0.717) is 16.5 Å². The van der Waals surface area contributed by atoms with Gasteiger partial charge in [-0.15, -0.1) is 11.3 Å². The summed E-state index contributed by atoms with van der Waals surface area (Å²) >= 11 is 1.54. The molecule has 0 aliphatic heterocycles. The first-order chi connectivity index (χ1) is 13.4. The SMILES string of the molecule is Cc1ccc(C2(C(=O)Nc3sc4c(c3C(N)=O)CCC(C)C4)CCCC2)cc1. The molecule has 0 radical (unpaired) electrons. The maximum absolute atomic E-state index is 13.5. The first kappa shape index (κ1) is 19.2. The van der Waals surface area contributed by atoms with Crippen molar-refractivity contribution in [1.82, 2.24) is 0 Å². The number of aryl methyl sites for hydroxylation is 1. The van der Waals surface area contributed by atoms with Gasteiger partial charge in [-0.2, -0.15) is 0 Å². The molecule has 0 bridgehead atoms. The van der Waals surface area contributed by atoms with Crippen LogP contribution in [-0.4, -0.2) is 11.8 Å². The van der Waals surface area contributed by atoms with Crippen LogP contribution in [0.15, 0.2) is 24.3 Å². The Morgan fingerprint density at radius 1 is 1.18 bits per heavy atom. The average Bonchev–Trinajstić information content (AvgIpc) is 3.27. The molecular formula is C23H28N2O2S. The highest BCUT2D eigenvalue weighted by Crippen LogP contribution is 2.44. The molecule has 2 amide bonds. The first-order valence-electron chi connectivity index (χ1n) is 10.2. The summed E-state index contributed by atoms with van der Waals surface area (Å²) in [5, 5.41) is 3.79. The highest BCUT2D eigenvalue weighted by molar-refractivity contribution is 7.17. The van der Waals surface area contributed by atoms with Crippen LogP contribution in [0.2, 0.25) is 0 Å². The number of anilines is 1. The molecule has 0 saturated heterocycles. The molecule has 1 heterocycles. The Labute approximate surface area is 170 Å². The molecule has 148 valence electrons. The number of amides is 2. The van der Waals surface area contributed by atoms with Crippen LogP contribution in [0.5, 0.6) is 0 Å². The minimum atomic E-state index is -0.513. The molecule has 3 N–H and O–H groups in total. The number of nitrogens with one attached hydrogen (secondary N) is 1. The molecule has 5 heteroatoms. The maximum atomic E-state index is 13.5. The number of primary amides is 1. The van der Waals surface area contributed by atoms with Crippen LogP contribution in [0.3, 0.4) is 0 Å². The molecule has 0 spiro atoms. The molecule has 2 aliphatic carbocycles. The van der Waals surface area contributed by atoms with E-state index in [1.165, 1.54) is 10.4 Å². The number of carbonyl (C=O) groups excluding carboxylic acids is 2. The Kier molecular flexibility index (Phi) is 5.04. The summed E-state index contributed by atoms with van der Waals surface area (Å²) in [5.41, 5.74) is 9.07. The van der Waals surface area contributed by atoms with Crippen molar-refractivity contribution in [2.75, 3.05) is 5.32 Å². The number of benzene rings is 1. The summed E-state index contributed by atoms with van der Waals surface area (Å²) in [4.78, 5) is 26.9. The Morgan fingerprint density at radius 3 is 2.50 bits per heavy atom. The molecule has 1 aromatic heterocycles. The van der Waals surface area contributed by atoms with Gasteiger partial charge in [0.2, 0.25) is 5.91 Å². The van der Waals surface area contributed by atoms with Crippen LogP contribution < -0.4 is 11.1 Å². The van der Waals surface area contributed by atoms with Crippen LogP contribution in [-0.2, 0) is 23.1 Å². The van der Waals surface area contributed by atoms with Gasteiger partial charge in [-0.05, 0) is 56.1 Å². The van der Waals surface area contributed by atoms with Crippen molar-refractivity contribution in [1.29, 1.82) is 0 Å². The molecule has 4 nitrogen and oxygen atoms in total. The quantitative estimate of drug-likeness (QED) is 0.784. The summed E-state index contributed by atoms with van der Waals surface area (Å²) in [5.74, 6) is 0.172. The molecular weight excluding hydrogens is 368 g/mol. The minimum Gasteiger partial charge on any atom is -0.365 e. The van der Waals surface area contributed by atoms with Crippen molar-refractivity contribution in [2.45, 2.75) is 64.2 Å². The van der Waals surface area contributed by atoms with E-state index in [9.17, 15) is 9.59 Å². The van der Waals surface area contributed by atoms with Gasteiger partial charge in [-0.25, -0.2) is 0 Å². The number of hydrogen-bond donors (Lipinski definition) is 2. The van der Waals surface area contributed by atoms with E-state index in [1.807, 2.05) is 0 Å². The van der Waals surface area contributed by atoms with Crippen LogP contribution in [0.4, 0.5) is 5.00 Å². The number of hydrogen-bond acceptors (Lipinski definition) is 3. The van der Waals surface area contributed by atoms with E-state index >= 15 is 0 Å². The third kappa shape index (κ3) is 3.26. The largest absolute Gasteiger partial charge is 0.365 e. The molecule has 2 aromatic rings. The molecule has 2 aliphatic rings. The summed E-state index contributed by atoms with van der Waals surface area (Å²) in [6.45, 7) is 4.29. The van der Waals surface area contributed by atoms with Crippen molar-refractivity contribution < 1.29 is 9.59 Å². The molecule has 1 aromatic carbocycles. The summed E-state index contributed by atoms with van der Waals surface area (Å²) in [6, 6.07) is 8.30. The van der Waals surface area contributed by atoms with Gasteiger partial charge in [0.15, 0.2) is 0 Å². The zero-order valence-corrected chi connectivity index (χ0v) is 17.5. The highest BCUT2D eigenvalue weighted by atomic mass is 32.1. The van der Waals surface area contributed by atoms with Crippen molar-refractivity contribution in [2.24, 2.45) is 11.7 Å². The minimum absolute atomic E-state index is 0.00278. The lowest BCUT2D eigenvalue weighted by atomic mass is 9.77. The summed E-state index contributed by atoms with van der Waals surface area (Å²) in [7, 11) is 0. The molecule has 1 unspecified atom stereocenters. The number of thiophene rings is 1. The van der Waals surface area contributed by atoms with Gasteiger partial charge in [0.05, 0.1) is 11.0 Å². The number of fused-ring (bicyclic) bond motifs is 1. The number of nitrogens with two attached hydrogens (primary N) is 1. The van der Waals surface area contributed by atoms with E-state index in [0.717, 1.165) is 56.1 Å². The topological polar surface area (TPSA) is 72.2 Å². The standard InChI is InChI=1S/C23H28N2O2S/c1-14-5-8-16(9-6-14)23(11-3-4-12-23)22(27)25-21-19(20(24)26)17-10-7-15(2)13-18(17)28-21/h5-6,8-9,15H,3-4,7,10-13H2,1-2H3,(H2,24,26)(H,25,27). The fourth-order valence-electron chi connectivity index (χ4n) is 4.82. The number of carbonyl (C=O) groups is 2. The van der Waals surface area contributed by atoms with E-state index < -0.39 is 11.3 Å². The van der Waals surface area contributed by atoms with Gasteiger partial charge in [-0.1, -0.05) is 49.6 Å². The second-order valence-electron chi connectivity index (χ2n) is 8.53. The average molecular weight is 397 g/mol. The fourth-order valence-corrected chi connectivity index (χ4v) is 6.23. The first-order valence-corrected chi connectivity index (χ1v) is 11.1. The van der Waals surface area contributed by atoms with Crippen molar-refractivity contribution in [3.8, 4) is 0 Å². The third-order valence-corrected chi connectivity index (χ3v) is 7.65. The third-order valence-electron chi connectivity index (χ3n) is 6.48. The Morgan fingerprint density at radius 2 is 1.86 bits per heavy atom. The van der Waals surface area contributed by atoms with Gasteiger partial charge in [-0.3, -0.25) is 9.59 Å². The van der Waals surface area contributed by atoms with Crippen LogP contribution >= 0.6 is 11.3 Å². The normalized spacial score (nSPS) is 20.6. The van der Waals surface area contributed by atoms with Crippen LogP contribution in [0.1, 0.15) is 71.0 Å². The molecule has 4 rings (SSSR count). The zero-order chi connectivity index (χ0) is 19.9. The van der Waals surface area contributed by atoms with Crippen molar-refractivity contribution >= 4 is 28.2 Å². The Hall–Kier alpha value is -2.14. The Bertz CT molecular complexity index is 907. The fraction of sp³-hybridized carbons (Fsp3) is 0.478. The molecule has 1 saturated carbocycles. The van der Waals surface area contributed by atoms with Gasteiger partial charge in [0, 0.05) is 4.88 Å². The number of rotatable bonds is 4. The lowest BCUT2D eigenvalue weighted by Crippen LogP contribution is -2.38. The van der Waals surface area contributed by atoms with E-state index in [1.54, 1.807) is 11.3 Å².